The monoisotopic (exact) mass is 247 g/mol. The third-order valence-corrected chi connectivity index (χ3v) is 4.06. The molecule has 2 heterocycles. The van der Waals surface area contributed by atoms with Gasteiger partial charge in [-0.3, -0.25) is 0 Å². The van der Waals surface area contributed by atoms with Crippen LogP contribution in [0.15, 0.2) is 18.3 Å². The molecule has 1 aromatic heterocycles. The molecule has 0 aromatic carbocycles. The maximum absolute atomic E-state index is 4.65. The summed E-state index contributed by atoms with van der Waals surface area (Å²) < 4.78 is 0. The van der Waals surface area contributed by atoms with Crippen LogP contribution in [0.25, 0.3) is 0 Å². The first-order chi connectivity index (χ1) is 8.74. The van der Waals surface area contributed by atoms with Crippen molar-refractivity contribution in [1.82, 2.24) is 9.88 Å². The molecule has 0 bridgehead atoms. The van der Waals surface area contributed by atoms with Crippen LogP contribution in [-0.2, 0) is 0 Å². The van der Waals surface area contributed by atoms with Gasteiger partial charge >= 0.3 is 0 Å². The van der Waals surface area contributed by atoms with Crippen LogP contribution in [0.3, 0.4) is 0 Å². The molecule has 1 fully saturated rings. The van der Waals surface area contributed by atoms with Crippen LogP contribution in [0.4, 0.5) is 5.82 Å². The Bertz CT molecular complexity index is 349. The van der Waals surface area contributed by atoms with Crippen LogP contribution in [0.1, 0.15) is 38.2 Å². The van der Waals surface area contributed by atoms with Gasteiger partial charge < -0.3 is 9.80 Å². The van der Waals surface area contributed by atoms with Crippen molar-refractivity contribution in [1.29, 1.82) is 0 Å². The van der Waals surface area contributed by atoms with Gasteiger partial charge in [0.25, 0.3) is 0 Å². The Morgan fingerprint density at radius 3 is 2.28 bits per heavy atom. The van der Waals surface area contributed by atoms with Crippen LogP contribution in [0.2, 0.25) is 0 Å². The molecule has 0 atom stereocenters. The van der Waals surface area contributed by atoms with E-state index in [4.69, 9.17) is 0 Å². The van der Waals surface area contributed by atoms with E-state index in [1.807, 2.05) is 0 Å². The molecule has 1 saturated heterocycles. The largest absolute Gasteiger partial charge is 0.354 e. The fraction of sp³-hybridized carbons (Fsp3) is 0.667. The second kappa shape index (κ2) is 6.19. The summed E-state index contributed by atoms with van der Waals surface area (Å²) >= 11 is 0. The molecule has 0 amide bonds. The average molecular weight is 247 g/mol. The molecule has 2 rings (SSSR count). The lowest BCUT2D eigenvalue weighted by molar-refractivity contribution is 0.312. The van der Waals surface area contributed by atoms with Gasteiger partial charge in [0.1, 0.15) is 5.82 Å². The standard InChI is InChI=1S/C15H25N3/c1-4-13(5-2)14-6-7-15(16-12-14)18-10-8-17(3)9-11-18/h6-7,12-13H,4-5,8-11H2,1-3H3. The number of rotatable bonds is 4. The molecular weight excluding hydrogens is 222 g/mol. The minimum Gasteiger partial charge on any atom is -0.354 e. The van der Waals surface area contributed by atoms with Crippen molar-refractivity contribution in [2.45, 2.75) is 32.6 Å². The number of pyridine rings is 1. The predicted molar refractivity (Wildman–Crippen MR) is 77.3 cm³/mol. The second-order valence-electron chi connectivity index (χ2n) is 5.25. The number of likely N-dealkylation sites (N-methyl/N-ethyl adjacent to an activating group) is 1. The van der Waals surface area contributed by atoms with Crippen LogP contribution in [0.5, 0.6) is 0 Å². The van der Waals surface area contributed by atoms with E-state index in [0.717, 1.165) is 32.0 Å². The molecular formula is C15H25N3. The molecule has 18 heavy (non-hydrogen) atoms. The lowest BCUT2D eigenvalue weighted by Gasteiger charge is -2.33. The van der Waals surface area contributed by atoms with E-state index in [1.165, 1.54) is 18.4 Å². The van der Waals surface area contributed by atoms with E-state index in [1.54, 1.807) is 0 Å². The van der Waals surface area contributed by atoms with Crippen molar-refractivity contribution < 1.29 is 0 Å². The number of nitrogens with zero attached hydrogens (tertiary/aromatic N) is 3. The number of aromatic nitrogens is 1. The second-order valence-corrected chi connectivity index (χ2v) is 5.25. The van der Waals surface area contributed by atoms with Gasteiger partial charge in [-0.05, 0) is 37.4 Å². The highest BCUT2D eigenvalue weighted by molar-refractivity contribution is 5.40. The highest BCUT2D eigenvalue weighted by Gasteiger charge is 2.15. The van der Waals surface area contributed by atoms with Gasteiger partial charge in [0.15, 0.2) is 0 Å². The van der Waals surface area contributed by atoms with Crippen molar-refractivity contribution in [3.05, 3.63) is 23.9 Å². The quantitative estimate of drug-likeness (QED) is 0.815. The summed E-state index contributed by atoms with van der Waals surface area (Å²) in [6, 6.07) is 4.46. The number of anilines is 1. The Morgan fingerprint density at radius 1 is 1.11 bits per heavy atom. The van der Waals surface area contributed by atoms with Crippen LogP contribution < -0.4 is 4.90 Å². The predicted octanol–water partition coefficient (Wildman–Crippen LogP) is 2.74. The molecule has 3 heteroatoms. The molecule has 0 aliphatic carbocycles. The Hall–Kier alpha value is -1.09. The van der Waals surface area contributed by atoms with Crippen molar-refractivity contribution in [3.8, 4) is 0 Å². The maximum Gasteiger partial charge on any atom is 0.128 e. The summed E-state index contributed by atoms with van der Waals surface area (Å²) in [5.41, 5.74) is 1.39. The van der Waals surface area contributed by atoms with Crippen molar-refractivity contribution in [2.24, 2.45) is 0 Å². The molecule has 1 aliphatic heterocycles. The summed E-state index contributed by atoms with van der Waals surface area (Å²) in [5, 5.41) is 0. The third-order valence-electron chi connectivity index (χ3n) is 4.06. The molecule has 100 valence electrons. The molecule has 0 N–H and O–H groups in total. The molecule has 0 spiro atoms. The van der Waals surface area contributed by atoms with Gasteiger partial charge in [0.05, 0.1) is 0 Å². The van der Waals surface area contributed by atoms with Crippen LogP contribution in [-0.4, -0.2) is 43.1 Å². The van der Waals surface area contributed by atoms with Crippen LogP contribution in [0, 0.1) is 0 Å². The molecule has 3 nitrogen and oxygen atoms in total. The first-order valence-electron chi connectivity index (χ1n) is 7.14. The first kappa shape index (κ1) is 13.3. The lowest BCUT2D eigenvalue weighted by Crippen LogP contribution is -2.44. The minimum absolute atomic E-state index is 0.666. The van der Waals surface area contributed by atoms with Gasteiger partial charge in [0.2, 0.25) is 0 Å². The van der Waals surface area contributed by atoms with Gasteiger partial charge in [0, 0.05) is 32.4 Å². The Balaban J connectivity index is 2.03. The Labute approximate surface area is 111 Å². The first-order valence-corrected chi connectivity index (χ1v) is 7.14. The average Bonchev–Trinajstić information content (AvgIpc) is 2.42. The van der Waals surface area contributed by atoms with Gasteiger partial charge in [-0.1, -0.05) is 19.9 Å². The van der Waals surface area contributed by atoms with E-state index < -0.39 is 0 Å². The summed E-state index contributed by atoms with van der Waals surface area (Å²) in [7, 11) is 2.18. The number of hydrogen-bond donors (Lipinski definition) is 0. The third kappa shape index (κ3) is 3.02. The zero-order valence-corrected chi connectivity index (χ0v) is 11.9. The fourth-order valence-electron chi connectivity index (χ4n) is 2.62. The summed E-state index contributed by atoms with van der Waals surface area (Å²) in [4.78, 5) is 9.41. The number of piperazine rings is 1. The molecule has 0 radical (unpaired) electrons. The fourth-order valence-corrected chi connectivity index (χ4v) is 2.62. The molecule has 0 unspecified atom stereocenters. The van der Waals surface area contributed by atoms with E-state index in [0.29, 0.717) is 5.92 Å². The SMILES string of the molecule is CCC(CC)c1ccc(N2CCN(C)CC2)nc1. The summed E-state index contributed by atoms with van der Waals surface area (Å²) in [6.07, 6.45) is 4.48. The van der Waals surface area contributed by atoms with E-state index >= 15 is 0 Å². The number of hydrogen-bond acceptors (Lipinski definition) is 3. The van der Waals surface area contributed by atoms with Crippen LogP contribution >= 0.6 is 0 Å². The minimum atomic E-state index is 0.666. The van der Waals surface area contributed by atoms with Crippen molar-refractivity contribution in [2.75, 3.05) is 38.1 Å². The summed E-state index contributed by atoms with van der Waals surface area (Å²) in [5.74, 6) is 1.80. The zero-order valence-electron chi connectivity index (χ0n) is 11.9. The van der Waals surface area contributed by atoms with Gasteiger partial charge in [-0.25, -0.2) is 4.98 Å². The zero-order chi connectivity index (χ0) is 13.0. The molecule has 1 aromatic rings. The molecule has 0 saturated carbocycles. The lowest BCUT2D eigenvalue weighted by atomic mass is 9.95. The highest BCUT2D eigenvalue weighted by atomic mass is 15.3. The topological polar surface area (TPSA) is 19.4 Å². The highest BCUT2D eigenvalue weighted by Crippen LogP contribution is 2.23. The summed E-state index contributed by atoms with van der Waals surface area (Å²) in [6.45, 7) is 8.96. The maximum atomic E-state index is 4.65. The van der Waals surface area contributed by atoms with E-state index in [2.05, 4.69) is 54.0 Å². The smallest absolute Gasteiger partial charge is 0.128 e. The normalized spacial score (nSPS) is 17.4. The molecule has 1 aliphatic rings. The van der Waals surface area contributed by atoms with Gasteiger partial charge in [-0.15, -0.1) is 0 Å². The van der Waals surface area contributed by atoms with Crippen molar-refractivity contribution >= 4 is 5.82 Å². The Kier molecular flexibility index (Phi) is 4.59. The van der Waals surface area contributed by atoms with Crippen molar-refractivity contribution in [3.63, 3.8) is 0 Å². The van der Waals surface area contributed by atoms with Gasteiger partial charge in [-0.2, -0.15) is 0 Å². The van der Waals surface area contributed by atoms with E-state index in [9.17, 15) is 0 Å². The van der Waals surface area contributed by atoms with E-state index in [-0.39, 0.29) is 0 Å². The Morgan fingerprint density at radius 2 is 1.78 bits per heavy atom.